The second-order valence-corrected chi connectivity index (χ2v) is 5.04. The summed E-state index contributed by atoms with van der Waals surface area (Å²) in [6, 6.07) is 0. The van der Waals surface area contributed by atoms with Gasteiger partial charge in [-0.15, -0.1) is 0 Å². The lowest BCUT2D eigenvalue weighted by molar-refractivity contribution is 0.357. The van der Waals surface area contributed by atoms with E-state index in [4.69, 9.17) is 4.74 Å². The average molecular weight is 294 g/mol. The van der Waals surface area contributed by atoms with Gasteiger partial charge in [0.1, 0.15) is 5.82 Å². The lowest BCUT2D eigenvalue weighted by atomic mass is 10.0. The van der Waals surface area contributed by atoms with E-state index < -0.39 is 0 Å². The summed E-state index contributed by atoms with van der Waals surface area (Å²) in [6.07, 6.45) is 11.4. The maximum atomic E-state index is 5.77. The number of hydrogen-bond acceptors (Lipinski definition) is 6. The molecule has 0 aromatic carbocycles. The zero-order valence-corrected chi connectivity index (χ0v) is 12.0. The van der Waals surface area contributed by atoms with E-state index in [0.29, 0.717) is 18.2 Å². The molecule has 4 heterocycles. The third kappa shape index (κ3) is 2.16. The zero-order valence-electron chi connectivity index (χ0n) is 12.0. The summed E-state index contributed by atoms with van der Waals surface area (Å²) >= 11 is 0. The van der Waals surface area contributed by atoms with Crippen molar-refractivity contribution in [2.75, 3.05) is 11.9 Å². The number of rotatable bonds is 3. The number of ether oxygens (including phenoxy) is 1. The van der Waals surface area contributed by atoms with Crippen LogP contribution >= 0.6 is 0 Å². The molecule has 0 aliphatic carbocycles. The van der Waals surface area contributed by atoms with Crippen molar-refractivity contribution in [1.29, 1.82) is 0 Å². The summed E-state index contributed by atoms with van der Waals surface area (Å²) in [7, 11) is 1.90. The minimum atomic E-state index is 0.641. The van der Waals surface area contributed by atoms with Crippen LogP contribution in [0.3, 0.4) is 0 Å². The number of nitrogens with zero attached hydrogens (tertiary/aromatic N) is 5. The molecule has 110 valence electrons. The van der Waals surface area contributed by atoms with Gasteiger partial charge in [-0.1, -0.05) is 0 Å². The molecule has 0 saturated carbocycles. The molecule has 7 nitrogen and oxygen atoms in total. The largest absolute Gasteiger partial charge is 0.489 e. The Morgan fingerprint density at radius 3 is 2.91 bits per heavy atom. The molecule has 0 amide bonds. The van der Waals surface area contributed by atoms with Gasteiger partial charge in [0.05, 0.1) is 19.0 Å². The highest BCUT2D eigenvalue weighted by molar-refractivity contribution is 5.74. The molecule has 3 aromatic rings. The summed E-state index contributed by atoms with van der Waals surface area (Å²) in [5.41, 5.74) is 3.25. The summed E-state index contributed by atoms with van der Waals surface area (Å²) < 4.78 is 7.55. The van der Waals surface area contributed by atoms with E-state index in [2.05, 4.69) is 25.4 Å². The van der Waals surface area contributed by atoms with Gasteiger partial charge >= 0.3 is 0 Å². The fourth-order valence-electron chi connectivity index (χ4n) is 2.57. The molecule has 1 aliphatic rings. The molecule has 0 radical (unpaired) electrons. The van der Waals surface area contributed by atoms with Crippen molar-refractivity contribution >= 4 is 11.6 Å². The Labute approximate surface area is 127 Å². The fraction of sp³-hybridized carbons (Fsp3) is 0.200. The maximum Gasteiger partial charge on any atom is 0.174 e. The van der Waals surface area contributed by atoms with Gasteiger partial charge in [-0.05, 0) is 0 Å². The lowest BCUT2D eigenvalue weighted by Gasteiger charge is -2.11. The quantitative estimate of drug-likeness (QED) is 0.795. The number of pyridine rings is 1. The van der Waals surface area contributed by atoms with Crippen molar-refractivity contribution in [1.82, 2.24) is 24.7 Å². The van der Waals surface area contributed by atoms with E-state index in [0.717, 1.165) is 28.9 Å². The Kier molecular flexibility index (Phi) is 2.96. The van der Waals surface area contributed by atoms with Gasteiger partial charge in [-0.25, -0.2) is 9.97 Å². The fourth-order valence-corrected chi connectivity index (χ4v) is 2.57. The summed E-state index contributed by atoms with van der Waals surface area (Å²) in [6.45, 7) is 0.656. The minimum absolute atomic E-state index is 0.641. The first-order valence-electron chi connectivity index (χ1n) is 6.98. The van der Waals surface area contributed by atoms with Crippen LogP contribution in [-0.2, 0) is 13.5 Å². The second-order valence-electron chi connectivity index (χ2n) is 5.04. The standard InChI is InChI=1S/C15H14N6O/c1-21-9-10(6-19-21)12-7-18-15(14-11(12)2-5-22-14)20-13-8-16-3-4-17-13/h3-4,6-9H,2,5H2,1H3,(H,17,18,20). The van der Waals surface area contributed by atoms with E-state index in [1.165, 1.54) is 0 Å². The van der Waals surface area contributed by atoms with Gasteiger partial charge in [0.15, 0.2) is 11.6 Å². The van der Waals surface area contributed by atoms with Crippen LogP contribution in [0.4, 0.5) is 11.6 Å². The van der Waals surface area contributed by atoms with E-state index in [9.17, 15) is 0 Å². The first-order chi connectivity index (χ1) is 10.8. The zero-order chi connectivity index (χ0) is 14.9. The van der Waals surface area contributed by atoms with Crippen molar-refractivity contribution in [3.05, 3.63) is 42.7 Å². The van der Waals surface area contributed by atoms with Crippen LogP contribution in [0.5, 0.6) is 5.75 Å². The second kappa shape index (κ2) is 5.10. The van der Waals surface area contributed by atoms with Crippen LogP contribution in [0.1, 0.15) is 5.56 Å². The lowest BCUT2D eigenvalue weighted by Crippen LogP contribution is -1.99. The molecule has 3 aromatic heterocycles. The van der Waals surface area contributed by atoms with Gasteiger partial charge in [0.25, 0.3) is 0 Å². The number of aryl methyl sites for hydroxylation is 1. The van der Waals surface area contributed by atoms with Crippen LogP contribution in [0.25, 0.3) is 11.1 Å². The van der Waals surface area contributed by atoms with Crippen LogP contribution in [0.15, 0.2) is 37.2 Å². The maximum absolute atomic E-state index is 5.77. The summed E-state index contributed by atoms with van der Waals surface area (Å²) in [5.74, 6) is 2.09. The van der Waals surface area contributed by atoms with Gasteiger partial charge in [0, 0.05) is 54.9 Å². The molecule has 0 saturated heterocycles. The molecule has 0 fully saturated rings. The SMILES string of the molecule is Cn1cc(-c2cnc(Nc3cnccn3)c3c2CCO3)cn1. The normalized spacial score (nSPS) is 12.8. The Bertz CT molecular complexity index is 814. The Morgan fingerprint density at radius 1 is 1.18 bits per heavy atom. The smallest absolute Gasteiger partial charge is 0.174 e. The van der Waals surface area contributed by atoms with Gasteiger partial charge in [0.2, 0.25) is 0 Å². The highest BCUT2D eigenvalue weighted by atomic mass is 16.5. The van der Waals surface area contributed by atoms with Crippen molar-refractivity contribution in [2.24, 2.45) is 7.05 Å². The predicted molar refractivity (Wildman–Crippen MR) is 81.0 cm³/mol. The molecule has 0 atom stereocenters. The minimum Gasteiger partial charge on any atom is -0.489 e. The molecule has 0 bridgehead atoms. The third-order valence-electron chi connectivity index (χ3n) is 3.56. The Morgan fingerprint density at radius 2 is 2.14 bits per heavy atom. The van der Waals surface area contributed by atoms with Gasteiger partial charge in [-0.3, -0.25) is 9.67 Å². The summed E-state index contributed by atoms with van der Waals surface area (Å²) in [4.78, 5) is 12.7. The number of anilines is 2. The van der Waals surface area contributed by atoms with E-state index in [1.54, 1.807) is 23.3 Å². The van der Waals surface area contributed by atoms with Crippen molar-refractivity contribution in [2.45, 2.75) is 6.42 Å². The van der Waals surface area contributed by atoms with Crippen molar-refractivity contribution < 1.29 is 4.74 Å². The highest BCUT2D eigenvalue weighted by Gasteiger charge is 2.23. The molecular weight excluding hydrogens is 280 g/mol. The van der Waals surface area contributed by atoms with E-state index in [-0.39, 0.29) is 0 Å². The average Bonchev–Trinajstić information content (AvgIpc) is 3.18. The van der Waals surface area contributed by atoms with Crippen LogP contribution in [-0.4, -0.2) is 31.3 Å². The highest BCUT2D eigenvalue weighted by Crippen LogP contribution is 2.39. The molecule has 1 aliphatic heterocycles. The molecule has 7 heteroatoms. The Balaban J connectivity index is 1.75. The monoisotopic (exact) mass is 294 g/mol. The van der Waals surface area contributed by atoms with Gasteiger partial charge < -0.3 is 10.1 Å². The van der Waals surface area contributed by atoms with Crippen LogP contribution < -0.4 is 10.1 Å². The van der Waals surface area contributed by atoms with Gasteiger partial charge in [-0.2, -0.15) is 5.10 Å². The topological polar surface area (TPSA) is 77.8 Å². The van der Waals surface area contributed by atoms with Crippen molar-refractivity contribution in [3.63, 3.8) is 0 Å². The predicted octanol–water partition coefficient (Wildman–Crippen LogP) is 1.95. The third-order valence-corrected chi connectivity index (χ3v) is 3.56. The first kappa shape index (κ1) is 12.8. The van der Waals surface area contributed by atoms with Crippen LogP contribution in [0.2, 0.25) is 0 Å². The molecular formula is C15H14N6O. The number of aromatic nitrogens is 5. The molecule has 4 rings (SSSR count). The molecule has 1 N–H and O–H groups in total. The molecule has 22 heavy (non-hydrogen) atoms. The number of hydrogen-bond donors (Lipinski definition) is 1. The van der Waals surface area contributed by atoms with Crippen molar-refractivity contribution in [3.8, 4) is 16.9 Å². The number of fused-ring (bicyclic) bond motifs is 1. The first-order valence-corrected chi connectivity index (χ1v) is 6.98. The van der Waals surface area contributed by atoms with E-state index >= 15 is 0 Å². The number of nitrogens with one attached hydrogen (secondary N) is 1. The Hall–Kier alpha value is -2.96. The molecule has 0 spiro atoms. The van der Waals surface area contributed by atoms with Crippen LogP contribution in [0, 0.1) is 0 Å². The molecule has 0 unspecified atom stereocenters. The van der Waals surface area contributed by atoms with E-state index in [1.807, 2.05) is 25.6 Å². The summed E-state index contributed by atoms with van der Waals surface area (Å²) in [5, 5.41) is 7.38.